The summed E-state index contributed by atoms with van der Waals surface area (Å²) in [5, 5.41) is 72.2. The average Bonchev–Trinajstić information content (AvgIpc) is 3.37. The minimum absolute atomic E-state index is 0.0569. The molecule has 0 aliphatic carbocycles. The molecule has 0 bridgehead atoms. The maximum atomic E-state index is 13.0. The van der Waals surface area contributed by atoms with Crippen LogP contribution < -0.4 is 0 Å². The lowest BCUT2D eigenvalue weighted by Crippen LogP contribution is -2.61. The standard InChI is InChI=1S/C57H104O14/c1-3-5-7-9-11-13-15-17-18-19-20-21-22-23-24-25-26-27-29-31-33-35-37-39-41-66-43-46(69-49(59)40-38-36-34-32-30-28-16-14-12-10-8-6-4-2)44-67-56-55(65)53(63)51(61)48(71-56)45-68-57-54(64)52(62)50(60)47(42-58)70-57/h8,10,14,16,19-20,46-48,50-58,60-65H,3-7,9,11-13,15,17-18,21-45H2,1-2H3/b10-8-,16-14-,20-19-. The Balaban J connectivity index is 1.69. The van der Waals surface area contributed by atoms with Crippen molar-refractivity contribution in [1.29, 1.82) is 0 Å². The van der Waals surface area contributed by atoms with E-state index in [0.29, 0.717) is 13.0 Å². The molecule has 2 rings (SSSR count). The predicted molar refractivity (Wildman–Crippen MR) is 280 cm³/mol. The van der Waals surface area contributed by atoms with Gasteiger partial charge in [-0.2, -0.15) is 0 Å². The van der Waals surface area contributed by atoms with E-state index in [2.05, 4.69) is 50.3 Å². The third-order valence-corrected chi connectivity index (χ3v) is 13.6. The van der Waals surface area contributed by atoms with Gasteiger partial charge < -0.3 is 64.2 Å². The molecule has 0 radical (unpaired) electrons. The fourth-order valence-corrected chi connectivity index (χ4v) is 8.97. The SMILES string of the molecule is CCC/C=C\C/C=C\CCCCCCCC(=O)OC(COCCCCCCCCCCCCCC/C=C\CCCCCCCCCC)COC1OC(COC2OC(CO)C(O)C(O)C2O)C(O)C(O)C1O. The molecule has 0 spiro atoms. The molecule has 11 unspecified atom stereocenters. The van der Waals surface area contributed by atoms with Gasteiger partial charge in [0.2, 0.25) is 0 Å². The van der Waals surface area contributed by atoms with Crippen LogP contribution in [0.1, 0.15) is 219 Å². The molecular formula is C57H104O14. The van der Waals surface area contributed by atoms with E-state index in [-0.39, 0.29) is 25.6 Å². The lowest BCUT2D eigenvalue weighted by molar-refractivity contribution is -0.332. The Morgan fingerprint density at radius 3 is 1.42 bits per heavy atom. The zero-order valence-electron chi connectivity index (χ0n) is 44.5. The van der Waals surface area contributed by atoms with Gasteiger partial charge in [0.1, 0.15) is 54.9 Å². The highest BCUT2D eigenvalue weighted by Crippen LogP contribution is 2.27. The van der Waals surface area contributed by atoms with E-state index >= 15 is 0 Å². The van der Waals surface area contributed by atoms with Crippen LogP contribution in [-0.2, 0) is 33.2 Å². The third kappa shape index (κ3) is 31.6. The van der Waals surface area contributed by atoms with Crippen LogP contribution in [0, 0.1) is 0 Å². The number of carbonyl (C=O) groups excluding carboxylic acids is 1. The first-order valence-electron chi connectivity index (χ1n) is 28.6. The van der Waals surface area contributed by atoms with E-state index in [1.54, 1.807) is 0 Å². The summed E-state index contributed by atoms with van der Waals surface area (Å²) in [5.74, 6) is -0.389. The Morgan fingerprint density at radius 2 is 0.901 bits per heavy atom. The van der Waals surface area contributed by atoms with Gasteiger partial charge in [0.05, 0.1) is 26.4 Å². The zero-order valence-corrected chi connectivity index (χ0v) is 44.5. The molecule has 2 aliphatic heterocycles. The topological polar surface area (TPSA) is 214 Å². The third-order valence-electron chi connectivity index (χ3n) is 13.6. The monoisotopic (exact) mass is 1010 g/mol. The number of hydrogen-bond donors (Lipinski definition) is 7. The van der Waals surface area contributed by atoms with E-state index in [0.717, 1.165) is 64.2 Å². The second-order valence-corrected chi connectivity index (χ2v) is 20.1. The van der Waals surface area contributed by atoms with E-state index in [1.807, 2.05) is 0 Å². The van der Waals surface area contributed by atoms with E-state index < -0.39 is 80.7 Å². The number of aliphatic hydroxyl groups excluding tert-OH is 7. The summed E-state index contributed by atoms with van der Waals surface area (Å²) in [4.78, 5) is 13.0. The van der Waals surface area contributed by atoms with Crippen LogP contribution in [0.5, 0.6) is 0 Å². The predicted octanol–water partition coefficient (Wildman–Crippen LogP) is 9.75. The van der Waals surface area contributed by atoms with Crippen LogP contribution in [0.25, 0.3) is 0 Å². The molecule has 0 aromatic heterocycles. The summed E-state index contributed by atoms with van der Waals surface area (Å²) >= 11 is 0. The van der Waals surface area contributed by atoms with Gasteiger partial charge >= 0.3 is 5.97 Å². The Labute approximate surface area is 429 Å². The van der Waals surface area contributed by atoms with Gasteiger partial charge in [-0.15, -0.1) is 0 Å². The Morgan fingerprint density at radius 1 is 0.465 bits per heavy atom. The van der Waals surface area contributed by atoms with Gasteiger partial charge in [-0.25, -0.2) is 0 Å². The molecule has 0 amide bonds. The lowest BCUT2D eigenvalue weighted by Gasteiger charge is -2.42. The van der Waals surface area contributed by atoms with Gasteiger partial charge in [0.25, 0.3) is 0 Å². The normalized spacial score (nSPS) is 25.5. The van der Waals surface area contributed by atoms with E-state index in [9.17, 15) is 40.5 Å². The van der Waals surface area contributed by atoms with Crippen molar-refractivity contribution in [3.05, 3.63) is 36.5 Å². The number of rotatable bonds is 46. The summed E-state index contributed by atoms with van der Waals surface area (Å²) in [6, 6.07) is 0. The molecule has 71 heavy (non-hydrogen) atoms. The first kappa shape index (κ1) is 65.3. The molecule has 0 aromatic carbocycles. The molecule has 14 nitrogen and oxygen atoms in total. The van der Waals surface area contributed by atoms with Crippen molar-refractivity contribution in [3.63, 3.8) is 0 Å². The quantitative estimate of drug-likeness (QED) is 0.0172. The number of allylic oxidation sites excluding steroid dienone is 6. The molecule has 2 fully saturated rings. The van der Waals surface area contributed by atoms with Crippen molar-refractivity contribution in [2.75, 3.05) is 33.0 Å². The number of unbranched alkanes of at least 4 members (excludes halogenated alkanes) is 26. The van der Waals surface area contributed by atoms with Crippen LogP contribution in [-0.4, -0.2) is 142 Å². The van der Waals surface area contributed by atoms with Gasteiger partial charge in [-0.05, 0) is 64.2 Å². The second-order valence-electron chi connectivity index (χ2n) is 20.1. The van der Waals surface area contributed by atoms with Crippen LogP contribution in [0.3, 0.4) is 0 Å². The highest BCUT2D eigenvalue weighted by atomic mass is 16.7. The Bertz CT molecular complexity index is 1310. The van der Waals surface area contributed by atoms with Crippen molar-refractivity contribution in [2.45, 2.75) is 287 Å². The molecule has 14 heteroatoms. The molecule has 416 valence electrons. The fourth-order valence-electron chi connectivity index (χ4n) is 8.97. The maximum Gasteiger partial charge on any atom is 0.306 e. The molecule has 2 heterocycles. The van der Waals surface area contributed by atoms with Crippen LogP contribution in [0.4, 0.5) is 0 Å². The molecule has 2 saturated heterocycles. The first-order chi connectivity index (χ1) is 34.6. The summed E-state index contributed by atoms with van der Waals surface area (Å²) < 4.78 is 34.3. The first-order valence-corrected chi connectivity index (χ1v) is 28.6. The van der Waals surface area contributed by atoms with Crippen molar-refractivity contribution >= 4 is 5.97 Å². The van der Waals surface area contributed by atoms with Crippen LogP contribution in [0.15, 0.2) is 36.5 Å². The number of ether oxygens (including phenoxy) is 6. The number of esters is 1. The summed E-state index contributed by atoms with van der Waals surface area (Å²) in [6.45, 7) is 3.62. The van der Waals surface area contributed by atoms with Gasteiger partial charge in [0.15, 0.2) is 12.6 Å². The lowest BCUT2D eigenvalue weighted by atomic mass is 9.98. The smallest absolute Gasteiger partial charge is 0.306 e. The molecular weight excluding hydrogens is 909 g/mol. The van der Waals surface area contributed by atoms with Crippen molar-refractivity contribution in [1.82, 2.24) is 0 Å². The number of aliphatic hydroxyl groups is 7. The number of hydrogen-bond acceptors (Lipinski definition) is 14. The maximum absolute atomic E-state index is 13.0. The van der Waals surface area contributed by atoms with Gasteiger partial charge in [-0.1, -0.05) is 185 Å². The highest BCUT2D eigenvalue weighted by molar-refractivity contribution is 5.69. The van der Waals surface area contributed by atoms with Crippen LogP contribution >= 0.6 is 0 Å². The summed E-state index contributed by atoms with van der Waals surface area (Å²) in [6.07, 6.45) is 35.0. The van der Waals surface area contributed by atoms with Crippen molar-refractivity contribution in [3.8, 4) is 0 Å². The van der Waals surface area contributed by atoms with E-state index in [4.69, 9.17) is 28.4 Å². The second kappa shape index (κ2) is 44.5. The van der Waals surface area contributed by atoms with Crippen molar-refractivity contribution < 1.29 is 69.0 Å². The summed E-state index contributed by atoms with van der Waals surface area (Å²) in [5.41, 5.74) is 0. The van der Waals surface area contributed by atoms with Gasteiger partial charge in [0, 0.05) is 13.0 Å². The molecule has 11 atom stereocenters. The van der Waals surface area contributed by atoms with Crippen molar-refractivity contribution in [2.24, 2.45) is 0 Å². The largest absolute Gasteiger partial charge is 0.457 e. The molecule has 2 aliphatic rings. The zero-order chi connectivity index (χ0) is 51.6. The minimum Gasteiger partial charge on any atom is -0.457 e. The molecule has 0 aromatic rings. The Hall–Kier alpha value is -1.79. The number of carbonyl (C=O) groups is 1. The fraction of sp³-hybridized carbons (Fsp3) is 0.877. The minimum atomic E-state index is -1.71. The van der Waals surface area contributed by atoms with Crippen LogP contribution in [0.2, 0.25) is 0 Å². The Kier molecular flexibility index (Phi) is 40.9. The molecule has 7 N–H and O–H groups in total. The summed E-state index contributed by atoms with van der Waals surface area (Å²) in [7, 11) is 0. The highest BCUT2D eigenvalue weighted by Gasteiger charge is 2.47. The van der Waals surface area contributed by atoms with E-state index in [1.165, 1.54) is 128 Å². The van der Waals surface area contributed by atoms with Gasteiger partial charge in [-0.3, -0.25) is 4.79 Å². The molecule has 0 saturated carbocycles. The average molecular weight is 1010 g/mol.